The Morgan fingerprint density at radius 1 is 1.14 bits per heavy atom. The number of fused-ring (bicyclic) bond motifs is 3. The maximum atomic E-state index is 14.1. The van der Waals surface area contributed by atoms with Crippen LogP contribution >= 0.6 is 0 Å². The van der Waals surface area contributed by atoms with Gasteiger partial charge in [-0.25, -0.2) is 4.39 Å². The number of aryl methyl sites for hydroxylation is 1. The third kappa shape index (κ3) is 6.04. The fourth-order valence-electron chi connectivity index (χ4n) is 5.85. The fourth-order valence-corrected chi connectivity index (χ4v) is 5.85. The normalized spacial score (nSPS) is 21.6. The zero-order chi connectivity index (χ0) is 25.8. The van der Waals surface area contributed by atoms with Crippen LogP contribution in [0.4, 0.5) is 4.39 Å². The Morgan fingerprint density at radius 2 is 1.86 bits per heavy atom. The molecule has 2 atom stereocenters. The molecule has 4 rings (SSSR count). The standard InChI is InChI=1S/C30H38FNO4/c1-18(2)29-26(15-14-22(33)16-23(34)17-27(35)36)28(20-10-12-21(31)13-11-20)25-9-5-7-19-6-3-4-8-24(19)30(25)32-29/h3-4,6,8,14-15,18,20-23,33-34H,5,7,9-13,16-17H2,1-2H3,(H,35,36)/b15-14+/t20?,21?,22-,23-/m1/s1. The van der Waals surface area contributed by atoms with Crippen molar-refractivity contribution < 1.29 is 24.5 Å². The van der Waals surface area contributed by atoms with E-state index < -0.39 is 30.8 Å². The summed E-state index contributed by atoms with van der Waals surface area (Å²) in [6.07, 6.45) is 5.87. The van der Waals surface area contributed by atoms with E-state index in [0.29, 0.717) is 12.8 Å². The van der Waals surface area contributed by atoms with E-state index in [4.69, 9.17) is 10.1 Å². The number of aromatic nitrogens is 1. The Balaban J connectivity index is 1.82. The number of carboxylic acids is 1. The zero-order valence-electron chi connectivity index (χ0n) is 21.3. The minimum atomic E-state index is -1.12. The predicted molar refractivity (Wildman–Crippen MR) is 140 cm³/mol. The molecule has 0 amide bonds. The molecule has 1 fully saturated rings. The van der Waals surface area contributed by atoms with E-state index in [1.165, 1.54) is 22.3 Å². The molecular weight excluding hydrogens is 457 g/mol. The number of aliphatic hydroxyl groups excluding tert-OH is 2. The van der Waals surface area contributed by atoms with Gasteiger partial charge in [-0.2, -0.15) is 0 Å². The highest BCUT2D eigenvalue weighted by molar-refractivity contribution is 5.74. The molecule has 36 heavy (non-hydrogen) atoms. The molecule has 0 spiro atoms. The van der Waals surface area contributed by atoms with Crippen molar-refractivity contribution >= 4 is 12.0 Å². The summed E-state index contributed by atoms with van der Waals surface area (Å²) in [5.41, 5.74) is 7.96. The molecule has 0 bridgehead atoms. The summed E-state index contributed by atoms with van der Waals surface area (Å²) in [7, 11) is 0. The van der Waals surface area contributed by atoms with Gasteiger partial charge in [-0.05, 0) is 79.0 Å². The van der Waals surface area contributed by atoms with E-state index in [-0.39, 0.29) is 18.3 Å². The minimum Gasteiger partial charge on any atom is -0.481 e. The molecule has 0 aliphatic heterocycles. The molecule has 1 aromatic carbocycles. The number of carbonyl (C=O) groups is 1. The molecule has 6 heteroatoms. The Labute approximate surface area is 213 Å². The Bertz CT molecular complexity index is 1100. The van der Waals surface area contributed by atoms with Crippen LogP contribution in [0, 0.1) is 0 Å². The summed E-state index contributed by atoms with van der Waals surface area (Å²) in [4.78, 5) is 16.1. The van der Waals surface area contributed by atoms with Crippen LogP contribution in [-0.2, 0) is 17.6 Å². The van der Waals surface area contributed by atoms with Crippen molar-refractivity contribution in [2.24, 2.45) is 0 Å². The van der Waals surface area contributed by atoms with Gasteiger partial charge in [0.05, 0.1) is 30.0 Å². The summed E-state index contributed by atoms with van der Waals surface area (Å²) in [6, 6.07) is 8.48. The van der Waals surface area contributed by atoms with E-state index in [1.807, 2.05) is 6.08 Å². The molecule has 0 saturated heterocycles. The maximum absolute atomic E-state index is 14.1. The molecule has 5 nitrogen and oxygen atoms in total. The molecule has 1 saturated carbocycles. The zero-order valence-corrected chi connectivity index (χ0v) is 21.3. The SMILES string of the molecule is CC(C)c1nc2c(c(C3CCC(F)CC3)c1/C=C/[C@@H](O)C[C@@H](O)CC(=O)O)CCCc1ccccc1-2. The summed E-state index contributed by atoms with van der Waals surface area (Å²) >= 11 is 0. The van der Waals surface area contributed by atoms with Crippen LogP contribution in [0.15, 0.2) is 30.3 Å². The van der Waals surface area contributed by atoms with Crippen LogP contribution < -0.4 is 0 Å². The van der Waals surface area contributed by atoms with Gasteiger partial charge in [0, 0.05) is 12.0 Å². The van der Waals surface area contributed by atoms with E-state index in [2.05, 4.69) is 38.1 Å². The largest absolute Gasteiger partial charge is 0.481 e. The van der Waals surface area contributed by atoms with Crippen LogP contribution in [0.1, 0.15) is 98.6 Å². The quantitative estimate of drug-likeness (QED) is 0.421. The first-order chi connectivity index (χ1) is 17.2. The number of pyridine rings is 1. The highest BCUT2D eigenvalue weighted by Gasteiger charge is 2.31. The average molecular weight is 496 g/mol. The van der Waals surface area contributed by atoms with E-state index in [0.717, 1.165) is 49.1 Å². The topological polar surface area (TPSA) is 90.7 Å². The fraction of sp³-hybridized carbons (Fsp3) is 0.533. The van der Waals surface area contributed by atoms with E-state index in [1.54, 1.807) is 6.08 Å². The van der Waals surface area contributed by atoms with Crippen LogP contribution in [-0.4, -0.2) is 44.7 Å². The lowest BCUT2D eigenvalue weighted by molar-refractivity contribution is -0.139. The van der Waals surface area contributed by atoms with Gasteiger partial charge in [0.2, 0.25) is 0 Å². The lowest BCUT2D eigenvalue weighted by atomic mass is 9.76. The number of nitrogens with zero attached hydrogens (tertiary/aromatic N) is 1. The van der Waals surface area contributed by atoms with Crippen molar-refractivity contribution in [3.8, 4) is 11.3 Å². The summed E-state index contributed by atoms with van der Waals surface area (Å²) in [6.45, 7) is 4.23. The van der Waals surface area contributed by atoms with Crippen LogP contribution in [0.5, 0.6) is 0 Å². The molecule has 194 valence electrons. The molecule has 2 aliphatic rings. The monoisotopic (exact) mass is 495 g/mol. The van der Waals surface area contributed by atoms with Crippen molar-refractivity contribution in [2.75, 3.05) is 0 Å². The first-order valence-electron chi connectivity index (χ1n) is 13.3. The second-order valence-electron chi connectivity index (χ2n) is 10.7. The van der Waals surface area contributed by atoms with E-state index in [9.17, 15) is 19.4 Å². The van der Waals surface area contributed by atoms with Gasteiger partial charge in [0.15, 0.2) is 0 Å². The van der Waals surface area contributed by atoms with Crippen molar-refractivity contribution in [2.45, 2.75) is 102 Å². The van der Waals surface area contributed by atoms with Crippen molar-refractivity contribution in [1.82, 2.24) is 4.98 Å². The van der Waals surface area contributed by atoms with Gasteiger partial charge >= 0.3 is 5.97 Å². The molecule has 2 aliphatic carbocycles. The third-order valence-corrected chi connectivity index (χ3v) is 7.58. The molecule has 1 aromatic heterocycles. The summed E-state index contributed by atoms with van der Waals surface area (Å²) in [5, 5.41) is 29.4. The number of carboxylic acid groups (broad SMARTS) is 1. The number of aliphatic hydroxyl groups is 2. The number of hydrogen-bond acceptors (Lipinski definition) is 4. The minimum absolute atomic E-state index is 0.0478. The smallest absolute Gasteiger partial charge is 0.305 e. The first-order valence-corrected chi connectivity index (χ1v) is 13.3. The van der Waals surface area contributed by atoms with Gasteiger partial charge in [-0.15, -0.1) is 0 Å². The third-order valence-electron chi connectivity index (χ3n) is 7.58. The van der Waals surface area contributed by atoms with Crippen molar-refractivity contribution in [3.63, 3.8) is 0 Å². The molecule has 0 unspecified atom stereocenters. The lowest BCUT2D eigenvalue weighted by Gasteiger charge is -2.30. The van der Waals surface area contributed by atoms with E-state index >= 15 is 0 Å². The maximum Gasteiger partial charge on any atom is 0.305 e. The second kappa shape index (κ2) is 11.7. The number of benzene rings is 1. The average Bonchev–Trinajstić information content (AvgIpc) is 3.01. The van der Waals surface area contributed by atoms with Crippen molar-refractivity contribution in [1.29, 1.82) is 0 Å². The molecule has 2 aromatic rings. The highest BCUT2D eigenvalue weighted by Crippen LogP contribution is 2.44. The molecule has 0 radical (unpaired) electrons. The van der Waals surface area contributed by atoms with Gasteiger partial charge in [0.25, 0.3) is 0 Å². The number of hydrogen-bond donors (Lipinski definition) is 3. The van der Waals surface area contributed by atoms with Crippen LogP contribution in [0.3, 0.4) is 0 Å². The van der Waals surface area contributed by atoms with Crippen LogP contribution in [0.2, 0.25) is 0 Å². The second-order valence-corrected chi connectivity index (χ2v) is 10.7. The van der Waals surface area contributed by atoms with Gasteiger partial charge in [-0.1, -0.05) is 50.3 Å². The predicted octanol–water partition coefficient (Wildman–Crippen LogP) is 5.96. The molecule has 3 N–H and O–H groups in total. The van der Waals surface area contributed by atoms with Gasteiger partial charge < -0.3 is 15.3 Å². The first kappa shape index (κ1) is 26.5. The van der Waals surface area contributed by atoms with Gasteiger partial charge in [-0.3, -0.25) is 9.78 Å². The van der Waals surface area contributed by atoms with Gasteiger partial charge in [0.1, 0.15) is 6.17 Å². The number of aliphatic carboxylic acids is 1. The Kier molecular flexibility index (Phi) is 8.58. The Hall–Kier alpha value is -2.57. The summed E-state index contributed by atoms with van der Waals surface area (Å²) < 4.78 is 14.1. The highest BCUT2D eigenvalue weighted by atomic mass is 19.1. The molecular formula is C30H38FNO4. The Morgan fingerprint density at radius 3 is 2.56 bits per heavy atom. The number of rotatable bonds is 8. The lowest BCUT2D eigenvalue weighted by Crippen LogP contribution is -2.20. The number of halogens is 1. The summed E-state index contributed by atoms with van der Waals surface area (Å²) in [5.74, 6) is -0.732. The van der Waals surface area contributed by atoms with Crippen molar-refractivity contribution in [3.05, 3.63) is 58.3 Å². The molecule has 1 heterocycles. The van der Waals surface area contributed by atoms with Crippen LogP contribution in [0.25, 0.3) is 17.3 Å². The number of alkyl halides is 1.